The van der Waals surface area contributed by atoms with Gasteiger partial charge in [-0.25, -0.2) is 0 Å². The highest BCUT2D eigenvalue weighted by molar-refractivity contribution is 7.16. The van der Waals surface area contributed by atoms with E-state index >= 15 is 0 Å². The zero-order chi connectivity index (χ0) is 18.8. The first kappa shape index (κ1) is 18.2. The molecule has 5 heteroatoms. The van der Waals surface area contributed by atoms with Crippen LogP contribution in [0.4, 0.5) is 5.00 Å². The summed E-state index contributed by atoms with van der Waals surface area (Å²) in [6.45, 7) is 3.66. The van der Waals surface area contributed by atoms with Crippen LogP contribution in [-0.4, -0.2) is 23.4 Å². The second-order valence-electron chi connectivity index (χ2n) is 7.53. The van der Waals surface area contributed by atoms with Crippen molar-refractivity contribution in [2.75, 3.05) is 11.9 Å². The molecule has 4 nitrogen and oxygen atoms in total. The lowest BCUT2D eigenvalue weighted by molar-refractivity contribution is -0.121. The molecule has 1 N–H and O–H groups in total. The molecule has 0 radical (unpaired) electrons. The van der Waals surface area contributed by atoms with Crippen molar-refractivity contribution in [3.8, 4) is 6.07 Å². The predicted molar refractivity (Wildman–Crippen MR) is 109 cm³/mol. The fourth-order valence-electron chi connectivity index (χ4n) is 4.18. The van der Waals surface area contributed by atoms with E-state index in [1.807, 2.05) is 6.92 Å². The third kappa shape index (κ3) is 3.65. The van der Waals surface area contributed by atoms with Gasteiger partial charge in [-0.1, -0.05) is 30.7 Å². The summed E-state index contributed by atoms with van der Waals surface area (Å²) >= 11 is 1.61. The molecular weight excluding hydrogens is 354 g/mol. The molecule has 2 aromatic rings. The second-order valence-corrected chi connectivity index (χ2v) is 8.64. The first-order chi connectivity index (χ1) is 13.2. The predicted octanol–water partition coefficient (Wildman–Crippen LogP) is 4.27. The summed E-state index contributed by atoms with van der Waals surface area (Å²) in [7, 11) is 0. The van der Waals surface area contributed by atoms with E-state index in [4.69, 9.17) is 0 Å². The monoisotopic (exact) mass is 379 g/mol. The fourth-order valence-corrected chi connectivity index (χ4v) is 5.42. The van der Waals surface area contributed by atoms with Crippen molar-refractivity contribution in [2.24, 2.45) is 0 Å². The van der Waals surface area contributed by atoms with Crippen LogP contribution in [-0.2, 0) is 30.6 Å². The van der Waals surface area contributed by atoms with E-state index in [1.54, 1.807) is 11.3 Å². The van der Waals surface area contributed by atoms with Gasteiger partial charge in [0.25, 0.3) is 0 Å². The smallest absolute Gasteiger partial charge is 0.242 e. The van der Waals surface area contributed by atoms with Crippen LogP contribution < -0.4 is 5.32 Å². The molecule has 0 bridgehead atoms. The summed E-state index contributed by atoms with van der Waals surface area (Å²) in [5.74, 6) is -0.0118. The number of hydrogen-bond acceptors (Lipinski definition) is 4. The largest absolute Gasteiger partial charge is 0.315 e. The Bertz CT molecular complexity index is 895. The molecule has 0 saturated heterocycles. The number of thiophene rings is 1. The molecule has 2 aliphatic rings. The van der Waals surface area contributed by atoms with Gasteiger partial charge in [-0.2, -0.15) is 5.26 Å². The second kappa shape index (κ2) is 7.84. The highest BCUT2D eigenvalue weighted by Crippen LogP contribution is 2.37. The lowest BCUT2D eigenvalue weighted by atomic mass is 9.99. The number of aryl methyl sites for hydroxylation is 1. The number of hydrogen-bond donors (Lipinski definition) is 1. The van der Waals surface area contributed by atoms with Crippen LogP contribution in [0.25, 0.3) is 0 Å². The van der Waals surface area contributed by atoms with Crippen LogP contribution in [0.1, 0.15) is 53.3 Å². The molecule has 2 heterocycles. The number of nitriles is 1. The summed E-state index contributed by atoms with van der Waals surface area (Å²) in [6, 6.07) is 10.6. The Morgan fingerprint density at radius 3 is 2.78 bits per heavy atom. The van der Waals surface area contributed by atoms with Crippen LogP contribution in [0.2, 0.25) is 0 Å². The van der Waals surface area contributed by atoms with Crippen LogP contribution >= 0.6 is 11.3 Å². The van der Waals surface area contributed by atoms with Gasteiger partial charge in [0.15, 0.2) is 0 Å². The molecule has 1 aliphatic heterocycles. The highest BCUT2D eigenvalue weighted by Gasteiger charge is 2.27. The summed E-state index contributed by atoms with van der Waals surface area (Å²) in [5, 5.41) is 13.5. The molecule has 0 saturated carbocycles. The average molecular weight is 380 g/mol. The van der Waals surface area contributed by atoms with Crippen LogP contribution in [0.3, 0.4) is 0 Å². The number of benzene rings is 1. The zero-order valence-corrected chi connectivity index (χ0v) is 16.6. The zero-order valence-electron chi connectivity index (χ0n) is 15.8. The van der Waals surface area contributed by atoms with E-state index in [2.05, 4.69) is 40.6 Å². The number of carbonyl (C=O) groups excluding carboxylic acids is 1. The molecule has 1 atom stereocenters. The first-order valence-corrected chi connectivity index (χ1v) is 10.7. The summed E-state index contributed by atoms with van der Waals surface area (Å²) in [4.78, 5) is 16.4. The lowest BCUT2D eigenvalue weighted by Gasteiger charge is -2.32. The summed E-state index contributed by atoms with van der Waals surface area (Å²) < 4.78 is 0. The van der Waals surface area contributed by atoms with Gasteiger partial charge < -0.3 is 5.32 Å². The maximum absolute atomic E-state index is 12.9. The molecule has 1 aliphatic carbocycles. The summed E-state index contributed by atoms with van der Waals surface area (Å²) in [5.41, 5.74) is 4.57. The van der Waals surface area contributed by atoms with E-state index < -0.39 is 0 Å². The quantitative estimate of drug-likeness (QED) is 0.810. The molecule has 4 rings (SSSR count). The van der Waals surface area contributed by atoms with Crippen molar-refractivity contribution in [3.05, 3.63) is 51.4 Å². The summed E-state index contributed by atoms with van der Waals surface area (Å²) in [6.07, 6.45) is 6.50. The molecule has 0 spiro atoms. The molecule has 1 amide bonds. The van der Waals surface area contributed by atoms with E-state index in [9.17, 15) is 10.1 Å². The van der Waals surface area contributed by atoms with E-state index in [0.29, 0.717) is 5.56 Å². The van der Waals surface area contributed by atoms with Gasteiger partial charge in [-0.05, 0) is 55.7 Å². The van der Waals surface area contributed by atoms with Crippen molar-refractivity contribution in [2.45, 2.75) is 58.0 Å². The van der Waals surface area contributed by atoms with Gasteiger partial charge in [0, 0.05) is 18.0 Å². The van der Waals surface area contributed by atoms with Gasteiger partial charge in [-0.3, -0.25) is 9.69 Å². The van der Waals surface area contributed by atoms with Gasteiger partial charge in [-0.15, -0.1) is 11.3 Å². The molecule has 140 valence electrons. The fraction of sp³-hybridized carbons (Fsp3) is 0.455. The SMILES string of the molecule is C[C@H](C(=O)Nc1sc2c(c1C#N)CCCCC2)N1CCc2ccccc2C1. The Morgan fingerprint density at radius 2 is 1.96 bits per heavy atom. The van der Waals surface area contributed by atoms with Gasteiger partial charge in [0.2, 0.25) is 5.91 Å². The Hall–Kier alpha value is -2.16. The van der Waals surface area contributed by atoms with Crippen molar-refractivity contribution in [1.29, 1.82) is 5.26 Å². The Balaban J connectivity index is 1.49. The number of anilines is 1. The maximum Gasteiger partial charge on any atom is 0.242 e. The Morgan fingerprint density at radius 1 is 1.19 bits per heavy atom. The minimum absolute atomic E-state index is 0.0118. The van der Waals surface area contributed by atoms with Crippen molar-refractivity contribution in [3.63, 3.8) is 0 Å². The molecule has 0 unspecified atom stereocenters. The van der Waals surface area contributed by atoms with E-state index in [0.717, 1.165) is 43.8 Å². The molecule has 27 heavy (non-hydrogen) atoms. The van der Waals surface area contributed by atoms with Crippen molar-refractivity contribution in [1.82, 2.24) is 4.90 Å². The molecule has 0 fully saturated rings. The van der Waals surface area contributed by atoms with Crippen LogP contribution in [0.15, 0.2) is 24.3 Å². The molecular formula is C22H25N3OS. The normalized spacial score (nSPS) is 17.9. The topological polar surface area (TPSA) is 56.1 Å². The number of rotatable bonds is 3. The maximum atomic E-state index is 12.9. The average Bonchev–Trinajstić information content (AvgIpc) is 2.86. The van der Waals surface area contributed by atoms with Gasteiger partial charge in [0.1, 0.15) is 11.1 Å². The number of nitrogens with one attached hydrogen (secondary N) is 1. The molecule has 1 aromatic carbocycles. The van der Waals surface area contributed by atoms with E-state index in [1.165, 1.54) is 34.4 Å². The standard InChI is InChI=1S/C22H25N3OS/c1-15(25-12-11-16-7-5-6-8-17(16)14-25)21(26)24-22-19(13-23)18-9-3-2-4-10-20(18)27-22/h5-8,15H,2-4,9-12,14H2,1H3,(H,24,26)/t15-/m1/s1. The number of carbonyl (C=O) groups is 1. The minimum atomic E-state index is -0.216. The Kier molecular flexibility index (Phi) is 5.29. The van der Waals surface area contributed by atoms with Crippen LogP contribution in [0, 0.1) is 11.3 Å². The lowest BCUT2D eigenvalue weighted by Crippen LogP contribution is -2.44. The Labute approximate surface area is 164 Å². The van der Waals surface area contributed by atoms with Gasteiger partial charge >= 0.3 is 0 Å². The van der Waals surface area contributed by atoms with Gasteiger partial charge in [0.05, 0.1) is 11.6 Å². The highest BCUT2D eigenvalue weighted by atomic mass is 32.1. The first-order valence-electron chi connectivity index (χ1n) is 9.83. The third-order valence-corrected chi connectivity index (χ3v) is 7.06. The van der Waals surface area contributed by atoms with Crippen LogP contribution in [0.5, 0.6) is 0 Å². The number of nitrogens with zero attached hydrogens (tertiary/aromatic N) is 2. The molecule has 1 aromatic heterocycles. The van der Waals surface area contributed by atoms with Crippen molar-refractivity contribution < 1.29 is 4.79 Å². The van der Waals surface area contributed by atoms with E-state index in [-0.39, 0.29) is 11.9 Å². The minimum Gasteiger partial charge on any atom is -0.315 e. The van der Waals surface area contributed by atoms with Crippen molar-refractivity contribution >= 4 is 22.2 Å². The third-order valence-electron chi connectivity index (χ3n) is 5.86. The number of fused-ring (bicyclic) bond motifs is 2. The number of amides is 1.